The first-order valence-corrected chi connectivity index (χ1v) is 7.65. The second-order valence-electron chi connectivity index (χ2n) is 5.06. The zero-order valence-corrected chi connectivity index (χ0v) is 13.4. The summed E-state index contributed by atoms with van der Waals surface area (Å²) >= 11 is 0. The molecule has 4 heteroatoms. The zero-order chi connectivity index (χ0) is 16.1. The molecule has 0 bridgehead atoms. The van der Waals surface area contributed by atoms with Crippen LogP contribution in [0.15, 0.2) is 25.3 Å². The lowest BCUT2D eigenvalue weighted by atomic mass is 9.78. The molecule has 0 saturated heterocycles. The third-order valence-electron chi connectivity index (χ3n) is 3.36. The van der Waals surface area contributed by atoms with Crippen molar-refractivity contribution < 1.29 is 19.1 Å². The van der Waals surface area contributed by atoms with Gasteiger partial charge in [0.2, 0.25) is 0 Å². The Labute approximate surface area is 128 Å². The van der Waals surface area contributed by atoms with Crippen molar-refractivity contribution in [2.24, 2.45) is 5.41 Å². The van der Waals surface area contributed by atoms with Crippen molar-refractivity contribution in [3.05, 3.63) is 25.3 Å². The highest BCUT2D eigenvalue weighted by Crippen LogP contribution is 2.34. The summed E-state index contributed by atoms with van der Waals surface area (Å²) in [5, 5.41) is 0. The van der Waals surface area contributed by atoms with Gasteiger partial charge in [0.25, 0.3) is 0 Å². The Morgan fingerprint density at radius 3 is 1.57 bits per heavy atom. The minimum Gasteiger partial charge on any atom is -0.461 e. The third kappa shape index (κ3) is 6.15. The molecular weight excluding hydrogens is 268 g/mol. The van der Waals surface area contributed by atoms with Crippen LogP contribution in [0, 0.1) is 5.41 Å². The largest absolute Gasteiger partial charge is 0.461 e. The van der Waals surface area contributed by atoms with E-state index in [0.29, 0.717) is 12.8 Å². The lowest BCUT2D eigenvalue weighted by Crippen LogP contribution is -2.42. The van der Waals surface area contributed by atoms with Gasteiger partial charge in [0.05, 0.1) is 0 Å². The van der Waals surface area contributed by atoms with E-state index in [2.05, 4.69) is 13.2 Å². The number of carbonyl (C=O) groups excluding carboxylic acids is 2. The molecule has 0 atom stereocenters. The Bertz CT molecular complexity index is 313. The number of carbonyl (C=O) groups is 2. The number of rotatable bonds is 12. The second kappa shape index (κ2) is 11.1. The van der Waals surface area contributed by atoms with E-state index in [4.69, 9.17) is 9.47 Å². The van der Waals surface area contributed by atoms with E-state index in [-0.39, 0.29) is 13.2 Å². The van der Waals surface area contributed by atoms with Crippen molar-refractivity contribution in [1.82, 2.24) is 0 Å². The van der Waals surface area contributed by atoms with E-state index < -0.39 is 17.4 Å². The summed E-state index contributed by atoms with van der Waals surface area (Å²) in [4.78, 5) is 24.9. The molecule has 0 aromatic carbocycles. The van der Waals surface area contributed by atoms with Crippen LogP contribution in [-0.4, -0.2) is 25.2 Å². The molecule has 0 spiro atoms. The van der Waals surface area contributed by atoms with Gasteiger partial charge in [-0.25, -0.2) is 0 Å². The quantitative estimate of drug-likeness (QED) is 0.312. The molecule has 0 radical (unpaired) electrons. The SMILES string of the molecule is C=CCOC(=O)C(CCCC)(CCCC)C(=O)OCC=C. The van der Waals surface area contributed by atoms with Gasteiger partial charge in [-0.15, -0.1) is 0 Å². The van der Waals surface area contributed by atoms with Crippen molar-refractivity contribution in [2.75, 3.05) is 13.2 Å². The van der Waals surface area contributed by atoms with Gasteiger partial charge in [0, 0.05) is 0 Å². The van der Waals surface area contributed by atoms with E-state index in [0.717, 1.165) is 25.7 Å². The summed E-state index contributed by atoms with van der Waals surface area (Å²) in [6.07, 6.45) is 7.25. The van der Waals surface area contributed by atoms with Crippen LogP contribution >= 0.6 is 0 Å². The highest BCUT2D eigenvalue weighted by molar-refractivity contribution is 6.00. The third-order valence-corrected chi connectivity index (χ3v) is 3.36. The molecule has 0 aliphatic heterocycles. The highest BCUT2D eigenvalue weighted by Gasteiger charge is 2.47. The van der Waals surface area contributed by atoms with Crippen LogP contribution in [-0.2, 0) is 19.1 Å². The summed E-state index contributed by atoms with van der Waals surface area (Å²) in [7, 11) is 0. The van der Waals surface area contributed by atoms with Gasteiger partial charge in [-0.1, -0.05) is 64.8 Å². The molecule has 4 nitrogen and oxygen atoms in total. The highest BCUT2D eigenvalue weighted by atomic mass is 16.6. The first-order chi connectivity index (χ1) is 10.1. The van der Waals surface area contributed by atoms with Crippen LogP contribution in [0.4, 0.5) is 0 Å². The predicted molar refractivity (Wildman–Crippen MR) is 83.8 cm³/mol. The molecule has 0 aliphatic carbocycles. The van der Waals surface area contributed by atoms with Gasteiger partial charge in [0.15, 0.2) is 5.41 Å². The van der Waals surface area contributed by atoms with Crippen molar-refractivity contribution in [3.8, 4) is 0 Å². The molecule has 0 heterocycles. The number of hydrogen-bond acceptors (Lipinski definition) is 4. The molecule has 0 rings (SSSR count). The van der Waals surface area contributed by atoms with Crippen molar-refractivity contribution in [3.63, 3.8) is 0 Å². The summed E-state index contributed by atoms with van der Waals surface area (Å²) < 4.78 is 10.3. The van der Waals surface area contributed by atoms with Crippen LogP contribution in [0.1, 0.15) is 52.4 Å². The van der Waals surface area contributed by atoms with Gasteiger partial charge >= 0.3 is 11.9 Å². The van der Waals surface area contributed by atoms with Crippen LogP contribution < -0.4 is 0 Å². The van der Waals surface area contributed by atoms with Gasteiger partial charge < -0.3 is 9.47 Å². The van der Waals surface area contributed by atoms with Gasteiger partial charge in [-0.3, -0.25) is 9.59 Å². The number of ether oxygens (including phenoxy) is 2. The second-order valence-corrected chi connectivity index (χ2v) is 5.06. The molecule has 0 aromatic heterocycles. The summed E-state index contributed by atoms with van der Waals surface area (Å²) in [6.45, 7) is 11.3. The van der Waals surface area contributed by atoms with Gasteiger partial charge in [0.1, 0.15) is 13.2 Å². The standard InChI is InChI=1S/C17H28O4/c1-5-9-11-17(12-10-6-2,15(18)20-13-7-3)16(19)21-14-8-4/h7-8H,3-6,9-14H2,1-2H3. The van der Waals surface area contributed by atoms with E-state index in [9.17, 15) is 9.59 Å². The first kappa shape index (κ1) is 19.4. The molecular formula is C17H28O4. The van der Waals surface area contributed by atoms with Crippen LogP contribution in [0.2, 0.25) is 0 Å². The first-order valence-electron chi connectivity index (χ1n) is 7.65. The topological polar surface area (TPSA) is 52.6 Å². The molecule has 120 valence electrons. The number of esters is 2. The van der Waals surface area contributed by atoms with E-state index in [1.807, 2.05) is 13.8 Å². The average Bonchev–Trinajstić information content (AvgIpc) is 2.50. The van der Waals surface area contributed by atoms with Crippen LogP contribution in [0.25, 0.3) is 0 Å². The molecule has 0 unspecified atom stereocenters. The molecule has 0 amide bonds. The van der Waals surface area contributed by atoms with Crippen LogP contribution in [0.5, 0.6) is 0 Å². The average molecular weight is 296 g/mol. The number of hydrogen-bond donors (Lipinski definition) is 0. The monoisotopic (exact) mass is 296 g/mol. The van der Waals surface area contributed by atoms with Gasteiger partial charge in [-0.2, -0.15) is 0 Å². The number of unbranched alkanes of at least 4 members (excludes halogenated alkanes) is 2. The summed E-state index contributed by atoms with van der Waals surface area (Å²) in [5.41, 5.74) is -1.20. The van der Waals surface area contributed by atoms with Crippen LogP contribution in [0.3, 0.4) is 0 Å². The maximum absolute atomic E-state index is 12.4. The molecule has 0 saturated carbocycles. The maximum atomic E-state index is 12.4. The lowest BCUT2D eigenvalue weighted by molar-refractivity contribution is -0.172. The fraction of sp³-hybridized carbons (Fsp3) is 0.647. The fourth-order valence-electron chi connectivity index (χ4n) is 2.12. The lowest BCUT2D eigenvalue weighted by Gasteiger charge is -2.29. The predicted octanol–water partition coefficient (Wildman–Crippen LogP) is 3.81. The Morgan fingerprint density at radius 1 is 0.905 bits per heavy atom. The Kier molecular flexibility index (Phi) is 10.3. The zero-order valence-electron chi connectivity index (χ0n) is 13.4. The summed E-state index contributed by atoms with van der Waals surface area (Å²) in [6, 6.07) is 0. The summed E-state index contributed by atoms with van der Waals surface area (Å²) in [5.74, 6) is -1.00. The van der Waals surface area contributed by atoms with E-state index in [1.165, 1.54) is 12.2 Å². The minimum absolute atomic E-state index is 0.105. The van der Waals surface area contributed by atoms with E-state index in [1.54, 1.807) is 0 Å². The maximum Gasteiger partial charge on any atom is 0.323 e. The Hall–Kier alpha value is -1.58. The molecule has 0 aromatic rings. The fourth-order valence-corrected chi connectivity index (χ4v) is 2.12. The van der Waals surface area contributed by atoms with Crippen molar-refractivity contribution in [1.29, 1.82) is 0 Å². The molecule has 0 aliphatic rings. The van der Waals surface area contributed by atoms with Crippen molar-refractivity contribution >= 4 is 11.9 Å². The van der Waals surface area contributed by atoms with Crippen molar-refractivity contribution in [2.45, 2.75) is 52.4 Å². The molecule has 21 heavy (non-hydrogen) atoms. The molecule has 0 fully saturated rings. The molecule has 0 N–H and O–H groups in total. The Morgan fingerprint density at radius 2 is 1.29 bits per heavy atom. The smallest absolute Gasteiger partial charge is 0.323 e. The van der Waals surface area contributed by atoms with E-state index >= 15 is 0 Å². The minimum atomic E-state index is -1.20. The van der Waals surface area contributed by atoms with Gasteiger partial charge in [-0.05, 0) is 12.8 Å². The Balaban J connectivity index is 5.26. The normalized spacial score (nSPS) is 10.8.